The van der Waals surface area contributed by atoms with Crippen LogP contribution in [0.2, 0.25) is 18.1 Å². The number of hydrogen-bond donors (Lipinski definition) is 4. The van der Waals surface area contributed by atoms with Crippen LogP contribution in [-0.2, 0) is 28.7 Å². The number of ether oxygens (including phenoxy) is 2. The number of primary amides is 1. The van der Waals surface area contributed by atoms with Crippen molar-refractivity contribution in [1.82, 2.24) is 5.32 Å². The molecule has 0 heterocycles. The van der Waals surface area contributed by atoms with Crippen LogP contribution in [0.15, 0.2) is 60.7 Å². The molecule has 0 aliphatic carbocycles. The number of carbonyl (C=O) groups excluding carboxylic acids is 1. The molecule has 0 saturated carbocycles. The molecule has 1 unspecified atom stereocenters. The van der Waals surface area contributed by atoms with Gasteiger partial charge in [0, 0.05) is 18.2 Å². The average Bonchev–Trinajstić information content (AvgIpc) is 2.99. The van der Waals surface area contributed by atoms with Gasteiger partial charge in [-0.25, -0.2) is 0 Å². The molecule has 3 aromatic carbocycles. The van der Waals surface area contributed by atoms with Crippen molar-refractivity contribution in [3.8, 4) is 17.2 Å². The number of amides is 1. The van der Waals surface area contributed by atoms with Crippen molar-refractivity contribution in [1.29, 1.82) is 0 Å². The van der Waals surface area contributed by atoms with Crippen molar-refractivity contribution in [2.24, 2.45) is 5.73 Å². The Balaban J connectivity index is 1.72. The molecular formula is C36H52N2O6Si. The van der Waals surface area contributed by atoms with Crippen molar-refractivity contribution in [3.63, 3.8) is 0 Å². The second-order valence-corrected chi connectivity index (χ2v) is 18.1. The summed E-state index contributed by atoms with van der Waals surface area (Å²) in [5.41, 5.74) is 10.4. The molecule has 5 N–H and O–H groups in total. The van der Waals surface area contributed by atoms with Gasteiger partial charge in [-0.2, -0.15) is 0 Å². The van der Waals surface area contributed by atoms with E-state index in [1.54, 1.807) is 20.3 Å². The second-order valence-electron chi connectivity index (χ2n) is 13.4. The maximum atomic E-state index is 12.6. The molecule has 0 spiro atoms. The molecule has 246 valence electrons. The van der Waals surface area contributed by atoms with E-state index in [0.29, 0.717) is 36.4 Å². The van der Waals surface area contributed by atoms with E-state index in [-0.39, 0.29) is 35.4 Å². The molecule has 0 fully saturated rings. The third-order valence-corrected chi connectivity index (χ3v) is 13.4. The largest absolute Gasteiger partial charge is 0.508 e. The highest BCUT2D eigenvalue weighted by molar-refractivity contribution is 6.74. The quantitative estimate of drug-likeness (QED) is 0.134. The number of rotatable bonds is 16. The topological polar surface area (TPSA) is 123 Å². The Morgan fingerprint density at radius 1 is 0.956 bits per heavy atom. The molecule has 8 nitrogen and oxygen atoms in total. The van der Waals surface area contributed by atoms with Gasteiger partial charge in [0.25, 0.3) is 0 Å². The molecule has 45 heavy (non-hydrogen) atoms. The number of aryl methyl sites for hydroxylation is 1. The smallest absolute Gasteiger partial charge is 0.224 e. The number of aliphatic hydroxyl groups is 1. The van der Waals surface area contributed by atoms with Crippen LogP contribution >= 0.6 is 0 Å². The van der Waals surface area contributed by atoms with Gasteiger partial charge in [-0.05, 0) is 90.8 Å². The Hall–Kier alpha value is -3.37. The van der Waals surface area contributed by atoms with E-state index in [2.05, 4.69) is 58.2 Å². The zero-order valence-corrected chi connectivity index (χ0v) is 29.1. The molecule has 0 bridgehead atoms. The monoisotopic (exact) mass is 636 g/mol. The molecule has 3 atom stereocenters. The zero-order chi connectivity index (χ0) is 33.4. The summed E-state index contributed by atoms with van der Waals surface area (Å²) in [5.74, 6) is 0.635. The Morgan fingerprint density at radius 2 is 1.67 bits per heavy atom. The van der Waals surface area contributed by atoms with E-state index in [0.717, 1.165) is 28.7 Å². The minimum Gasteiger partial charge on any atom is -0.508 e. The van der Waals surface area contributed by atoms with Crippen LogP contribution in [0.25, 0.3) is 0 Å². The molecule has 0 aliphatic rings. The third-order valence-electron chi connectivity index (χ3n) is 8.95. The fraction of sp³-hybridized carbons (Fsp3) is 0.472. The van der Waals surface area contributed by atoms with Crippen LogP contribution in [-0.4, -0.2) is 51.2 Å². The highest BCUT2D eigenvalue weighted by atomic mass is 28.4. The van der Waals surface area contributed by atoms with Gasteiger partial charge in [-0.3, -0.25) is 4.79 Å². The first kappa shape index (κ1) is 36.1. The van der Waals surface area contributed by atoms with Crippen LogP contribution in [0.1, 0.15) is 74.0 Å². The summed E-state index contributed by atoms with van der Waals surface area (Å²) < 4.78 is 17.6. The molecule has 3 aromatic rings. The Bertz CT molecular complexity index is 1420. The van der Waals surface area contributed by atoms with E-state index in [4.69, 9.17) is 19.6 Å². The molecule has 0 aliphatic heterocycles. The fourth-order valence-electron chi connectivity index (χ4n) is 5.18. The van der Waals surface area contributed by atoms with Gasteiger partial charge >= 0.3 is 0 Å². The van der Waals surface area contributed by atoms with Crippen molar-refractivity contribution in [2.75, 3.05) is 20.8 Å². The average molecular weight is 637 g/mol. The van der Waals surface area contributed by atoms with Crippen LogP contribution in [0.3, 0.4) is 0 Å². The summed E-state index contributed by atoms with van der Waals surface area (Å²) in [6.45, 7) is 13.5. The van der Waals surface area contributed by atoms with Gasteiger partial charge < -0.3 is 35.2 Å². The molecule has 0 saturated heterocycles. The molecule has 0 radical (unpaired) electrons. The van der Waals surface area contributed by atoms with Crippen molar-refractivity contribution < 1.29 is 28.9 Å². The number of aliphatic hydroxyl groups excluding tert-OH is 1. The number of phenols is 1. The number of hydrogen-bond acceptors (Lipinski definition) is 7. The van der Waals surface area contributed by atoms with Crippen LogP contribution in [0.4, 0.5) is 0 Å². The number of nitrogens with two attached hydrogens (primary N) is 1. The summed E-state index contributed by atoms with van der Waals surface area (Å²) in [6, 6.07) is 19.3. The van der Waals surface area contributed by atoms with E-state index < -0.39 is 14.2 Å². The summed E-state index contributed by atoms with van der Waals surface area (Å²) in [5, 5.41) is 23.6. The Labute approximate surface area is 270 Å². The summed E-state index contributed by atoms with van der Waals surface area (Å²) >= 11 is 0. The molecule has 3 rings (SSSR count). The number of carbonyl (C=O) groups is 1. The highest BCUT2D eigenvalue weighted by Gasteiger charge is 2.39. The number of methoxy groups -OCH3 is 2. The number of aromatic hydroxyl groups is 1. The lowest BCUT2D eigenvalue weighted by atomic mass is 9.90. The lowest BCUT2D eigenvalue weighted by molar-refractivity contribution is -0.119. The Kier molecular flexibility index (Phi) is 12.6. The van der Waals surface area contributed by atoms with Gasteiger partial charge in [0.15, 0.2) is 19.8 Å². The van der Waals surface area contributed by atoms with Gasteiger partial charge in [0.1, 0.15) is 5.75 Å². The minimum atomic E-state index is -2.13. The van der Waals surface area contributed by atoms with Gasteiger partial charge in [0.2, 0.25) is 5.91 Å². The van der Waals surface area contributed by atoms with E-state index in [9.17, 15) is 15.0 Å². The highest BCUT2D eigenvalue weighted by Crippen LogP contribution is 2.40. The second kappa shape index (κ2) is 15.8. The first-order valence-electron chi connectivity index (χ1n) is 15.6. The predicted octanol–water partition coefficient (Wildman–Crippen LogP) is 6.39. The zero-order valence-electron chi connectivity index (χ0n) is 28.1. The van der Waals surface area contributed by atoms with Crippen LogP contribution < -0.4 is 20.5 Å². The molecule has 0 aromatic heterocycles. The predicted molar refractivity (Wildman–Crippen MR) is 182 cm³/mol. The summed E-state index contributed by atoms with van der Waals surface area (Å²) in [7, 11) is 1.08. The lowest BCUT2D eigenvalue weighted by Crippen LogP contribution is -2.44. The standard InChI is InChI=1S/C36H52N2O6Si/c1-24(38-22-34(44-45(7,8)36(2,3)4)28-14-16-31(40)29(21-28)23-39)18-26-10-9-11-27(19-26)30(35(37)41)15-12-25-13-17-32(42-5)33(20-25)43-6/h9-11,13-14,16-17,19-21,24,30,34,38-40H,12,15,18,22-23H2,1-8H3,(H2,37,41)/t24-,30?,34-/m1/s1. The van der Waals surface area contributed by atoms with Crippen molar-refractivity contribution in [3.05, 3.63) is 88.5 Å². The summed E-state index contributed by atoms with van der Waals surface area (Å²) in [6.07, 6.45) is 1.75. The molecule has 9 heteroatoms. The molecular weight excluding hydrogens is 584 g/mol. The third kappa shape index (κ3) is 9.81. The maximum absolute atomic E-state index is 12.6. The van der Waals surface area contributed by atoms with E-state index >= 15 is 0 Å². The lowest BCUT2D eigenvalue weighted by Gasteiger charge is -2.40. The first-order chi connectivity index (χ1) is 21.2. The number of nitrogens with one attached hydrogen (secondary N) is 1. The fourth-order valence-corrected chi connectivity index (χ4v) is 6.47. The number of benzene rings is 3. The van der Waals surface area contributed by atoms with Crippen molar-refractivity contribution in [2.45, 2.75) is 89.8 Å². The minimum absolute atomic E-state index is 0.0183. The van der Waals surface area contributed by atoms with Crippen LogP contribution in [0, 0.1) is 0 Å². The van der Waals surface area contributed by atoms with Crippen LogP contribution in [0.5, 0.6) is 17.2 Å². The van der Waals surface area contributed by atoms with Gasteiger partial charge in [-0.1, -0.05) is 57.2 Å². The van der Waals surface area contributed by atoms with E-state index in [1.807, 2.05) is 42.5 Å². The van der Waals surface area contributed by atoms with Gasteiger partial charge in [0.05, 0.1) is 32.8 Å². The Morgan fingerprint density at radius 3 is 2.29 bits per heavy atom. The first-order valence-corrected chi connectivity index (χ1v) is 18.5. The SMILES string of the molecule is COc1ccc(CCC(C(N)=O)c2cccc(C[C@@H](C)NC[C@@H](O[Si](C)(C)C(C)(C)C)c3ccc(O)c(CO)c3)c2)cc1OC. The van der Waals surface area contributed by atoms with E-state index in [1.165, 1.54) is 0 Å². The van der Waals surface area contributed by atoms with Gasteiger partial charge in [-0.15, -0.1) is 0 Å². The molecule has 1 amide bonds. The summed E-state index contributed by atoms with van der Waals surface area (Å²) in [4.78, 5) is 12.6. The van der Waals surface area contributed by atoms with Crippen molar-refractivity contribution >= 4 is 14.2 Å². The maximum Gasteiger partial charge on any atom is 0.224 e. The normalized spacial score (nSPS) is 14.1.